The number of aryl methyl sites for hydroxylation is 1. The Kier molecular flexibility index (Phi) is 4.64. The predicted molar refractivity (Wildman–Crippen MR) is 105 cm³/mol. The van der Waals surface area contributed by atoms with Gasteiger partial charge in [-0.2, -0.15) is 5.10 Å². The summed E-state index contributed by atoms with van der Waals surface area (Å²) in [5, 5.41) is 7.87. The Balaban J connectivity index is 1.75. The molecule has 2 aromatic carbocycles. The van der Waals surface area contributed by atoms with Crippen molar-refractivity contribution in [1.29, 1.82) is 0 Å². The van der Waals surface area contributed by atoms with Gasteiger partial charge in [0.1, 0.15) is 12.4 Å². The summed E-state index contributed by atoms with van der Waals surface area (Å²) in [4.78, 5) is 17.1. The number of anilines is 1. The van der Waals surface area contributed by atoms with Crippen LogP contribution in [0.3, 0.4) is 0 Å². The Hall–Kier alpha value is -3.12. The summed E-state index contributed by atoms with van der Waals surface area (Å²) in [6.07, 6.45) is 1.65. The molecule has 1 aliphatic heterocycles. The average Bonchev–Trinajstić information content (AvgIpc) is 3.32. The van der Waals surface area contributed by atoms with Crippen LogP contribution in [0.2, 0.25) is 5.02 Å². The molecule has 1 N–H and O–H groups in total. The van der Waals surface area contributed by atoms with E-state index in [0.717, 1.165) is 11.3 Å². The predicted octanol–water partition coefficient (Wildman–Crippen LogP) is 3.86. The van der Waals surface area contributed by atoms with Crippen LogP contribution in [0.15, 0.2) is 59.7 Å². The summed E-state index contributed by atoms with van der Waals surface area (Å²) < 4.78 is 7.25. The third-order valence-electron chi connectivity index (χ3n) is 4.18. The van der Waals surface area contributed by atoms with Gasteiger partial charge in [-0.3, -0.25) is 4.79 Å². The number of rotatable bonds is 4. The van der Waals surface area contributed by atoms with Crippen LogP contribution >= 0.6 is 11.6 Å². The first-order chi connectivity index (χ1) is 13.1. The molecule has 6 nitrogen and oxygen atoms in total. The minimum absolute atomic E-state index is 0.286. The van der Waals surface area contributed by atoms with Gasteiger partial charge in [-0.05, 0) is 37.3 Å². The van der Waals surface area contributed by atoms with Crippen molar-refractivity contribution in [3.8, 4) is 5.69 Å². The van der Waals surface area contributed by atoms with Gasteiger partial charge in [0.15, 0.2) is 0 Å². The molecule has 4 rings (SSSR count). The maximum Gasteiger partial charge on any atom is 0.256 e. The van der Waals surface area contributed by atoms with Crippen LogP contribution in [-0.2, 0) is 4.74 Å². The van der Waals surface area contributed by atoms with E-state index in [4.69, 9.17) is 16.3 Å². The van der Waals surface area contributed by atoms with E-state index in [9.17, 15) is 4.79 Å². The van der Waals surface area contributed by atoms with E-state index >= 15 is 0 Å². The summed E-state index contributed by atoms with van der Waals surface area (Å²) >= 11 is 6.01. The molecule has 136 valence electrons. The van der Waals surface area contributed by atoms with Crippen LogP contribution in [0, 0.1) is 6.92 Å². The summed E-state index contributed by atoms with van der Waals surface area (Å²) in [6.45, 7) is 3.13. The lowest BCUT2D eigenvalue weighted by Crippen LogP contribution is -2.17. The van der Waals surface area contributed by atoms with Crippen LogP contribution in [0.1, 0.15) is 21.5 Å². The van der Waals surface area contributed by atoms with E-state index in [0.29, 0.717) is 41.0 Å². The Bertz CT molecular complexity index is 1020. The van der Waals surface area contributed by atoms with Gasteiger partial charge in [-0.1, -0.05) is 35.4 Å². The van der Waals surface area contributed by atoms with E-state index in [2.05, 4.69) is 15.4 Å². The lowest BCUT2D eigenvalue weighted by atomic mass is 10.2. The Labute approximate surface area is 161 Å². The maximum absolute atomic E-state index is 12.8. The highest BCUT2D eigenvalue weighted by molar-refractivity contribution is 6.31. The Morgan fingerprint density at radius 2 is 2.04 bits per heavy atom. The fraction of sp³-hybridized carbons (Fsp3) is 0.150. The SMILES string of the molecule is Cc1ccc(-n2ncc(C3=NCCO3)c2NC(=O)c2cccc(Cl)c2)cc1. The normalized spacial score (nSPS) is 13.2. The monoisotopic (exact) mass is 380 g/mol. The molecule has 0 spiro atoms. The molecule has 0 saturated carbocycles. The molecule has 27 heavy (non-hydrogen) atoms. The zero-order chi connectivity index (χ0) is 18.8. The van der Waals surface area contributed by atoms with Crippen molar-refractivity contribution >= 4 is 29.2 Å². The zero-order valence-electron chi connectivity index (χ0n) is 14.6. The molecule has 1 aliphatic rings. The number of ether oxygens (including phenoxy) is 1. The van der Waals surface area contributed by atoms with Crippen molar-refractivity contribution in [2.24, 2.45) is 4.99 Å². The molecule has 0 fully saturated rings. The first kappa shape index (κ1) is 17.3. The molecule has 0 radical (unpaired) electrons. The Morgan fingerprint density at radius 3 is 2.74 bits per heavy atom. The smallest absolute Gasteiger partial charge is 0.256 e. The summed E-state index contributed by atoms with van der Waals surface area (Å²) in [6, 6.07) is 14.6. The third-order valence-corrected chi connectivity index (χ3v) is 4.42. The van der Waals surface area contributed by atoms with E-state index < -0.39 is 0 Å². The molecular formula is C20H17ClN4O2. The van der Waals surface area contributed by atoms with Crippen molar-refractivity contribution < 1.29 is 9.53 Å². The summed E-state index contributed by atoms with van der Waals surface area (Å²) in [7, 11) is 0. The molecule has 0 aliphatic carbocycles. The fourth-order valence-corrected chi connectivity index (χ4v) is 3.00. The molecule has 0 saturated heterocycles. The van der Waals surface area contributed by atoms with Gasteiger partial charge < -0.3 is 10.1 Å². The number of nitrogens with zero attached hydrogens (tertiary/aromatic N) is 3. The lowest BCUT2D eigenvalue weighted by Gasteiger charge is -2.12. The first-order valence-corrected chi connectivity index (χ1v) is 8.89. The van der Waals surface area contributed by atoms with Gasteiger partial charge in [-0.15, -0.1) is 0 Å². The summed E-state index contributed by atoms with van der Waals surface area (Å²) in [5.41, 5.74) is 3.06. The van der Waals surface area contributed by atoms with E-state index in [1.54, 1.807) is 35.1 Å². The molecule has 1 aromatic heterocycles. The van der Waals surface area contributed by atoms with E-state index in [1.807, 2.05) is 31.2 Å². The van der Waals surface area contributed by atoms with Gasteiger partial charge in [-0.25, -0.2) is 9.67 Å². The van der Waals surface area contributed by atoms with E-state index in [1.165, 1.54) is 0 Å². The number of halogens is 1. The van der Waals surface area contributed by atoms with Gasteiger partial charge in [0.25, 0.3) is 5.91 Å². The van der Waals surface area contributed by atoms with Crippen molar-refractivity contribution in [3.63, 3.8) is 0 Å². The third kappa shape index (κ3) is 3.57. The van der Waals surface area contributed by atoms with Gasteiger partial charge in [0, 0.05) is 10.6 Å². The number of benzene rings is 2. The van der Waals surface area contributed by atoms with Crippen LogP contribution in [0.5, 0.6) is 0 Å². The molecule has 0 bridgehead atoms. The molecule has 0 atom stereocenters. The quantitative estimate of drug-likeness (QED) is 0.747. The van der Waals surface area contributed by atoms with Crippen molar-refractivity contribution in [3.05, 3.63) is 76.4 Å². The minimum Gasteiger partial charge on any atom is -0.475 e. The highest BCUT2D eigenvalue weighted by atomic mass is 35.5. The van der Waals surface area contributed by atoms with Crippen molar-refractivity contribution in [2.45, 2.75) is 6.92 Å². The average molecular weight is 381 g/mol. The van der Waals surface area contributed by atoms with Crippen molar-refractivity contribution in [2.75, 3.05) is 18.5 Å². The second kappa shape index (κ2) is 7.25. The number of carbonyl (C=O) groups is 1. The van der Waals surface area contributed by atoms with Crippen LogP contribution in [0.4, 0.5) is 5.82 Å². The van der Waals surface area contributed by atoms with Gasteiger partial charge >= 0.3 is 0 Å². The fourth-order valence-electron chi connectivity index (χ4n) is 2.81. The molecular weight excluding hydrogens is 364 g/mol. The lowest BCUT2D eigenvalue weighted by molar-refractivity contribution is 0.102. The molecule has 0 unspecified atom stereocenters. The van der Waals surface area contributed by atoms with Crippen LogP contribution in [-0.4, -0.2) is 34.7 Å². The van der Waals surface area contributed by atoms with Crippen LogP contribution in [0.25, 0.3) is 5.69 Å². The van der Waals surface area contributed by atoms with Gasteiger partial charge in [0.05, 0.1) is 24.0 Å². The number of amides is 1. The number of hydrogen-bond acceptors (Lipinski definition) is 4. The highest BCUT2D eigenvalue weighted by Gasteiger charge is 2.22. The zero-order valence-corrected chi connectivity index (χ0v) is 15.4. The second-order valence-corrected chi connectivity index (χ2v) is 6.59. The number of aromatic nitrogens is 2. The number of aliphatic imine (C=N–C) groups is 1. The Morgan fingerprint density at radius 1 is 1.22 bits per heavy atom. The molecule has 1 amide bonds. The molecule has 2 heterocycles. The largest absolute Gasteiger partial charge is 0.475 e. The number of hydrogen-bond donors (Lipinski definition) is 1. The topological polar surface area (TPSA) is 68.5 Å². The maximum atomic E-state index is 12.8. The second-order valence-electron chi connectivity index (χ2n) is 6.15. The first-order valence-electron chi connectivity index (χ1n) is 8.51. The molecule has 7 heteroatoms. The highest BCUT2D eigenvalue weighted by Crippen LogP contribution is 2.24. The molecule has 3 aromatic rings. The van der Waals surface area contributed by atoms with E-state index in [-0.39, 0.29) is 5.91 Å². The van der Waals surface area contributed by atoms with Crippen LogP contribution < -0.4 is 5.32 Å². The van der Waals surface area contributed by atoms with Gasteiger partial charge in [0.2, 0.25) is 5.90 Å². The number of carbonyl (C=O) groups excluding carboxylic acids is 1. The standard InChI is InChI=1S/C20H17ClN4O2/c1-13-5-7-16(8-6-13)25-18(17(12-23-25)20-22-9-10-27-20)24-19(26)14-3-2-4-15(21)11-14/h2-8,11-12H,9-10H2,1H3,(H,24,26). The summed E-state index contributed by atoms with van der Waals surface area (Å²) in [5.74, 6) is 0.699. The minimum atomic E-state index is -0.286. The number of nitrogens with one attached hydrogen (secondary N) is 1. The van der Waals surface area contributed by atoms with Crippen molar-refractivity contribution in [1.82, 2.24) is 9.78 Å².